The molecule has 0 saturated carbocycles. The molecule has 0 radical (unpaired) electrons. The van der Waals surface area contributed by atoms with E-state index in [1.807, 2.05) is 41.5 Å². The van der Waals surface area contributed by atoms with E-state index in [2.05, 4.69) is 9.98 Å². The van der Waals surface area contributed by atoms with Gasteiger partial charge in [-0.05, 0) is 34.6 Å². The minimum atomic E-state index is -0.481. The van der Waals surface area contributed by atoms with Crippen molar-refractivity contribution in [3.05, 3.63) is 0 Å². The van der Waals surface area contributed by atoms with Crippen LogP contribution >= 0.6 is 0 Å². The van der Waals surface area contributed by atoms with Crippen molar-refractivity contribution in [2.24, 2.45) is 9.98 Å². The van der Waals surface area contributed by atoms with E-state index in [9.17, 15) is 0 Å². The van der Waals surface area contributed by atoms with Crippen molar-refractivity contribution < 1.29 is 4.74 Å². The molecule has 1 heterocycles. The van der Waals surface area contributed by atoms with Crippen LogP contribution in [0, 0.1) is 0 Å². The monoisotopic (exact) mass is 182 g/mol. The molecule has 0 aromatic rings. The highest BCUT2D eigenvalue weighted by atomic mass is 16.5. The molecule has 0 atom stereocenters. The van der Waals surface area contributed by atoms with Gasteiger partial charge in [0, 0.05) is 12.6 Å². The average molecular weight is 182 g/mol. The van der Waals surface area contributed by atoms with Crippen LogP contribution in [0.5, 0.6) is 0 Å². The molecule has 0 fully saturated rings. The van der Waals surface area contributed by atoms with Gasteiger partial charge in [-0.1, -0.05) is 0 Å². The second kappa shape index (κ2) is 2.82. The molecule has 0 spiro atoms. The van der Waals surface area contributed by atoms with Gasteiger partial charge in [0.15, 0.2) is 11.6 Å². The summed E-state index contributed by atoms with van der Waals surface area (Å²) in [5.74, 6) is 0.704. The van der Waals surface area contributed by atoms with Gasteiger partial charge < -0.3 is 4.74 Å². The molecule has 74 valence electrons. The van der Waals surface area contributed by atoms with Crippen LogP contribution in [0.1, 0.15) is 41.5 Å². The summed E-state index contributed by atoms with van der Waals surface area (Å²) >= 11 is 0. The van der Waals surface area contributed by atoms with Crippen molar-refractivity contribution in [2.45, 2.75) is 52.8 Å². The number of nitrogens with zero attached hydrogens (tertiary/aromatic N) is 2. The molecule has 0 saturated heterocycles. The zero-order valence-corrected chi connectivity index (χ0v) is 9.30. The van der Waals surface area contributed by atoms with E-state index in [0.717, 1.165) is 5.71 Å². The quantitative estimate of drug-likeness (QED) is 0.566. The van der Waals surface area contributed by atoms with E-state index in [-0.39, 0.29) is 5.54 Å². The fourth-order valence-corrected chi connectivity index (χ4v) is 1.42. The van der Waals surface area contributed by atoms with Crippen LogP contribution in [-0.2, 0) is 4.74 Å². The van der Waals surface area contributed by atoms with Gasteiger partial charge in [-0.3, -0.25) is 0 Å². The van der Waals surface area contributed by atoms with Crippen LogP contribution in [0.3, 0.4) is 0 Å². The normalized spacial score (nSPS) is 25.4. The molecule has 1 aliphatic rings. The molecular weight excluding hydrogens is 164 g/mol. The third kappa shape index (κ3) is 2.29. The molecule has 0 aromatic carbocycles. The number of rotatable bonds is 0. The zero-order chi connectivity index (χ0) is 10.3. The van der Waals surface area contributed by atoms with Crippen molar-refractivity contribution in [2.75, 3.05) is 0 Å². The fraction of sp³-hybridized carbons (Fsp3) is 0.800. The first-order chi connectivity index (χ1) is 5.73. The minimum Gasteiger partial charge on any atom is -0.454 e. The van der Waals surface area contributed by atoms with Crippen molar-refractivity contribution in [3.8, 4) is 0 Å². The number of hydrogen-bond donors (Lipinski definition) is 0. The van der Waals surface area contributed by atoms with E-state index in [0.29, 0.717) is 5.90 Å². The molecule has 0 aliphatic carbocycles. The molecule has 0 N–H and O–H groups in total. The van der Waals surface area contributed by atoms with E-state index in [4.69, 9.17) is 4.74 Å². The highest BCUT2D eigenvalue weighted by molar-refractivity contribution is 5.94. The van der Waals surface area contributed by atoms with Crippen LogP contribution < -0.4 is 0 Å². The smallest absolute Gasteiger partial charge is 0.195 e. The standard InChI is InChI=1S/C10H18N2O/c1-7-9(3,4)12-8(2)13-10(5,6)11-7/h1-6H3. The summed E-state index contributed by atoms with van der Waals surface area (Å²) in [6.07, 6.45) is 0. The molecule has 3 nitrogen and oxygen atoms in total. The number of ether oxygens (including phenoxy) is 1. The predicted molar refractivity (Wildman–Crippen MR) is 55.5 cm³/mol. The summed E-state index contributed by atoms with van der Waals surface area (Å²) in [6.45, 7) is 11.8. The Bertz CT molecular complexity index is 275. The lowest BCUT2D eigenvalue weighted by atomic mass is 10.0. The lowest BCUT2D eigenvalue weighted by Gasteiger charge is -2.20. The van der Waals surface area contributed by atoms with E-state index < -0.39 is 5.72 Å². The predicted octanol–water partition coefficient (Wildman–Crippen LogP) is 2.41. The Labute approximate surface area is 79.9 Å². The molecule has 13 heavy (non-hydrogen) atoms. The second-order valence-electron chi connectivity index (χ2n) is 4.44. The molecular formula is C10H18N2O. The maximum absolute atomic E-state index is 5.57. The van der Waals surface area contributed by atoms with Gasteiger partial charge in [-0.25, -0.2) is 9.98 Å². The molecule has 0 amide bonds. The third-order valence-electron chi connectivity index (χ3n) is 2.16. The number of aliphatic imine (C=N–C) groups is 2. The Morgan fingerprint density at radius 3 is 2.08 bits per heavy atom. The molecule has 0 bridgehead atoms. The maximum atomic E-state index is 5.57. The zero-order valence-electron chi connectivity index (χ0n) is 9.30. The topological polar surface area (TPSA) is 34.0 Å². The Morgan fingerprint density at radius 2 is 1.54 bits per heavy atom. The Kier molecular flexibility index (Phi) is 2.22. The minimum absolute atomic E-state index is 0.238. The SMILES string of the molecule is CC1=NC(C)(C)C(C)=NC(C)(C)O1. The first-order valence-electron chi connectivity index (χ1n) is 4.55. The van der Waals surface area contributed by atoms with Crippen molar-refractivity contribution >= 4 is 11.6 Å². The first kappa shape index (κ1) is 10.2. The van der Waals surface area contributed by atoms with Crippen LogP contribution in [0.25, 0.3) is 0 Å². The fourth-order valence-electron chi connectivity index (χ4n) is 1.42. The van der Waals surface area contributed by atoms with Crippen LogP contribution in [0.2, 0.25) is 0 Å². The van der Waals surface area contributed by atoms with Crippen LogP contribution in [-0.4, -0.2) is 22.9 Å². The average Bonchev–Trinajstić information content (AvgIpc) is 1.85. The van der Waals surface area contributed by atoms with Gasteiger partial charge in [-0.2, -0.15) is 0 Å². The van der Waals surface area contributed by atoms with Gasteiger partial charge in [0.25, 0.3) is 0 Å². The first-order valence-corrected chi connectivity index (χ1v) is 4.55. The van der Waals surface area contributed by atoms with Crippen molar-refractivity contribution in [3.63, 3.8) is 0 Å². The summed E-state index contributed by atoms with van der Waals surface area (Å²) < 4.78 is 5.57. The molecule has 1 aliphatic heterocycles. The van der Waals surface area contributed by atoms with E-state index in [1.54, 1.807) is 0 Å². The molecule has 0 unspecified atom stereocenters. The molecule has 1 rings (SSSR count). The summed E-state index contributed by atoms with van der Waals surface area (Å²) in [7, 11) is 0. The van der Waals surface area contributed by atoms with Gasteiger partial charge in [0.1, 0.15) is 0 Å². The Balaban J connectivity index is 3.15. The van der Waals surface area contributed by atoms with Crippen LogP contribution in [0.15, 0.2) is 9.98 Å². The maximum Gasteiger partial charge on any atom is 0.195 e. The number of hydrogen-bond acceptors (Lipinski definition) is 3. The van der Waals surface area contributed by atoms with Gasteiger partial charge in [0.2, 0.25) is 0 Å². The van der Waals surface area contributed by atoms with E-state index >= 15 is 0 Å². The van der Waals surface area contributed by atoms with Crippen molar-refractivity contribution in [1.29, 1.82) is 0 Å². The summed E-state index contributed by atoms with van der Waals surface area (Å²) in [6, 6.07) is 0. The Hall–Kier alpha value is -0.860. The van der Waals surface area contributed by atoms with Crippen molar-refractivity contribution in [1.82, 2.24) is 0 Å². The van der Waals surface area contributed by atoms with Gasteiger partial charge in [0.05, 0.1) is 5.54 Å². The van der Waals surface area contributed by atoms with Gasteiger partial charge in [-0.15, -0.1) is 0 Å². The summed E-state index contributed by atoms with van der Waals surface area (Å²) in [4.78, 5) is 8.94. The van der Waals surface area contributed by atoms with E-state index in [1.165, 1.54) is 0 Å². The second-order valence-corrected chi connectivity index (χ2v) is 4.44. The lowest BCUT2D eigenvalue weighted by molar-refractivity contribution is 0.106. The highest BCUT2D eigenvalue weighted by Gasteiger charge is 2.29. The molecule has 3 heteroatoms. The molecule has 0 aromatic heterocycles. The Morgan fingerprint density at radius 1 is 1.00 bits per heavy atom. The van der Waals surface area contributed by atoms with Gasteiger partial charge >= 0.3 is 0 Å². The van der Waals surface area contributed by atoms with Crippen LogP contribution in [0.4, 0.5) is 0 Å². The summed E-state index contributed by atoms with van der Waals surface area (Å²) in [5, 5.41) is 0. The third-order valence-corrected chi connectivity index (χ3v) is 2.16. The summed E-state index contributed by atoms with van der Waals surface area (Å²) in [5.41, 5.74) is 0.290. The largest absolute Gasteiger partial charge is 0.454 e. The highest BCUT2D eigenvalue weighted by Crippen LogP contribution is 2.22. The lowest BCUT2D eigenvalue weighted by Crippen LogP contribution is -2.28.